The molecule has 2 heterocycles. The first-order chi connectivity index (χ1) is 14.6. The van der Waals surface area contributed by atoms with E-state index in [0.717, 1.165) is 18.8 Å². The molecule has 0 bridgehead atoms. The van der Waals surface area contributed by atoms with Gasteiger partial charge in [-0.2, -0.15) is 0 Å². The van der Waals surface area contributed by atoms with E-state index >= 15 is 0 Å². The summed E-state index contributed by atoms with van der Waals surface area (Å²) in [6.07, 6.45) is -0.455. The van der Waals surface area contributed by atoms with Crippen molar-refractivity contribution in [3.63, 3.8) is 0 Å². The lowest BCUT2D eigenvalue weighted by Gasteiger charge is -2.36. The van der Waals surface area contributed by atoms with Crippen LogP contribution in [-0.4, -0.2) is 62.1 Å². The van der Waals surface area contributed by atoms with Crippen LogP contribution in [0.25, 0.3) is 0 Å². The van der Waals surface area contributed by atoms with Gasteiger partial charge in [0, 0.05) is 49.9 Å². The Balaban J connectivity index is 1.19. The number of carbonyl (C=O) groups excluding carboxylic acids is 2. The van der Waals surface area contributed by atoms with E-state index in [0.29, 0.717) is 29.6 Å². The molecular weight excluding hydrogens is 406 g/mol. The van der Waals surface area contributed by atoms with Crippen molar-refractivity contribution in [2.75, 3.05) is 44.2 Å². The van der Waals surface area contributed by atoms with E-state index in [4.69, 9.17) is 21.1 Å². The van der Waals surface area contributed by atoms with Crippen LogP contribution in [0.1, 0.15) is 6.42 Å². The van der Waals surface area contributed by atoms with Crippen molar-refractivity contribution in [1.82, 2.24) is 10.2 Å². The molecule has 0 aliphatic carbocycles. The van der Waals surface area contributed by atoms with Gasteiger partial charge in [-0.25, -0.2) is 0 Å². The summed E-state index contributed by atoms with van der Waals surface area (Å²) >= 11 is 6.06. The van der Waals surface area contributed by atoms with Crippen molar-refractivity contribution in [2.45, 2.75) is 12.5 Å². The fraction of sp³-hybridized carbons (Fsp3) is 0.364. The van der Waals surface area contributed by atoms with Gasteiger partial charge in [0.1, 0.15) is 6.61 Å². The molecule has 2 amide bonds. The van der Waals surface area contributed by atoms with Crippen molar-refractivity contribution >= 4 is 29.1 Å². The molecule has 1 fully saturated rings. The maximum atomic E-state index is 12.5. The van der Waals surface area contributed by atoms with Crippen LogP contribution in [0.15, 0.2) is 48.5 Å². The minimum atomic E-state index is -0.712. The summed E-state index contributed by atoms with van der Waals surface area (Å²) < 4.78 is 11.2. The molecule has 2 aliphatic heterocycles. The number of fused-ring (bicyclic) bond motifs is 1. The molecule has 2 aliphatic rings. The Morgan fingerprint density at radius 1 is 1.03 bits per heavy atom. The van der Waals surface area contributed by atoms with E-state index in [2.05, 4.69) is 10.2 Å². The van der Waals surface area contributed by atoms with Gasteiger partial charge in [-0.05, 0) is 30.3 Å². The van der Waals surface area contributed by atoms with Crippen molar-refractivity contribution in [3.8, 4) is 11.5 Å². The van der Waals surface area contributed by atoms with E-state index in [1.807, 2.05) is 41.3 Å². The number of halogens is 1. The van der Waals surface area contributed by atoms with Crippen LogP contribution in [0.4, 0.5) is 5.69 Å². The third kappa shape index (κ3) is 4.79. The molecule has 0 radical (unpaired) electrons. The number of nitrogens with one attached hydrogen (secondary N) is 1. The zero-order valence-corrected chi connectivity index (χ0v) is 17.3. The lowest BCUT2D eigenvalue weighted by molar-refractivity contribution is -0.132. The van der Waals surface area contributed by atoms with Crippen LogP contribution >= 0.6 is 11.6 Å². The third-order valence-electron chi connectivity index (χ3n) is 5.24. The normalized spacial score (nSPS) is 18.1. The molecule has 0 aromatic heterocycles. The Morgan fingerprint density at radius 3 is 2.57 bits per heavy atom. The monoisotopic (exact) mass is 429 g/mol. The number of anilines is 1. The molecular formula is C22H24ClN3O4. The molecule has 1 N–H and O–H groups in total. The first-order valence-electron chi connectivity index (χ1n) is 10.0. The lowest BCUT2D eigenvalue weighted by atomic mass is 10.2. The number of amides is 2. The number of hydrogen-bond acceptors (Lipinski definition) is 5. The molecule has 8 heteroatoms. The van der Waals surface area contributed by atoms with E-state index < -0.39 is 6.10 Å². The molecule has 7 nitrogen and oxygen atoms in total. The highest BCUT2D eigenvalue weighted by Crippen LogP contribution is 2.30. The van der Waals surface area contributed by atoms with Gasteiger partial charge >= 0.3 is 0 Å². The summed E-state index contributed by atoms with van der Waals surface area (Å²) in [5.41, 5.74) is 1.07. The lowest BCUT2D eigenvalue weighted by Crippen LogP contribution is -2.49. The maximum Gasteiger partial charge on any atom is 0.264 e. The first-order valence-corrected chi connectivity index (χ1v) is 10.4. The summed E-state index contributed by atoms with van der Waals surface area (Å²) in [5, 5.41) is 3.48. The minimum Gasteiger partial charge on any atom is -0.485 e. The van der Waals surface area contributed by atoms with E-state index in [1.165, 1.54) is 0 Å². The van der Waals surface area contributed by atoms with Crippen molar-refractivity contribution in [2.24, 2.45) is 0 Å². The number of carbonyl (C=O) groups is 2. The summed E-state index contributed by atoms with van der Waals surface area (Å²) in [6.45, 7) is 3.23. The van der Waals surface area contributed by atoms with Crippen LogP contribution < -0.4 is 19.7 Å². The zero-order valence-electron chi connectivity index (χ0n) is 16.6. The highest BCUT2D eigenvalue weighted by molar-refractivity contribution is 6.30. The Bertz CT molecular complexity index is 915. The fourth-order valence-electron chi connectivity index (χ4n) is 3.60. The van der Waals surface area contributed by atoms with E-state index in [1.54, 1.807) is 12.1 Å². The Kier molecular flexibility index (Phi) is 6.28. The topological polar surface area (TPSA) is 71.1 Å². The van der Waals surface area contributed by atoms with Crippen LogP contribution in [-0.2, 0) is 9.59 Å². The maximum absolute atomic E-state index is 12.5. The van der Waals surface area contributed by atoms with Crippen LogP contribution in [0.5, 0.6) is 11.5 Å². The SMILES string of the molecule is O=C(NCCC(=O)N1CCN(c2cccc(Cl)c2)CC1)[C@@H]1COc2ccccc2O1. The number of rotatable bonds is 5. The second-order valence-electron chi connectivity index (χ2n) is 7.25. The molecule has 158 valence electrons. The smallest absolute Gasteiger partial charge is 0.264 e. The molecule has 2 aromatic rings. The van der Waals surface area contributed by atoms with Gasteiger partial charge in [-0.3, -0.25) is 9.59 Å². The summed E-state index contributed by atoms with van der Waals surface area (Å²) in [6, 6.07) is 15.0. The minimum absolute atomic E-state index is 0.0344. The molecule has 0 spiro atoms. The van der Waals surface area contributed by atoms with Crippen LogP contribution in [0.3, 0.4) is 0 Å². The second-order valence-corrected chi connectivity index (χ2v) is 7.69. The number of nitrogens with zero attached hydrogens (tertiary/aromatic N) is 2. The molecule has 30 heavy (non-hydrogen) atoms. The number of para-hydroxylation sites is 2. The van der Waals surface area contributed by atoms with Gasteiger partial charge in [0.05, 0.1) is 0 Å². The highest BCUT2D eigenvalue weighted by Gasteiger charge is 2.27. The van der Waals surface area contributed by atoms with Gasteiger partial charge in [-0.15, -0.1) is 0 Å². The van der Waals surface area contributed by atoms with Gasteiger partial charge in [0.25, 0.3) is 5.91 Å². The molecule has 4 rings (SSSR count). The number of piperazine rings is 1. The molecule has 1 atom stereocenters. The average molecular weight is 430 g/mol. The first kappa shape index (κ1) is 20.3. The van der Waals surface area contributed by atoms with E-state index in [9.17, 15) is 9.59 Å². The highest BCUT2D eigenvalue weighted by atomic mass is 35.5. The van der Waals surface area contributed by atoms with Crippen molar-refractivity contribution in [3.05, 3.63) is 53.6 Å². The van der Waals surface area contributed by atoms with Gasteiger partial charge in [0.15, 0.2) is 11.5 Å². The second kappa shape index (κ2) is 9.26. The molecule has 1 saturated heterocycles. The largest absolute Gasteiger partial charge is 0.485 e. The van der Waals surface area contributed by atoms with Crippen LogP contribution in [0, 0.1) is 0 Å². The van der Waals surface area contributed by atoms with Crippen LogP contribution in [0.2, 0.25) is 5.02 Å². The summed E-state index contributed by atoms with van der Waals surface area (Å²) in [4.78, 5) is 28.9. The predicted molar refractivity (Wildman–Crippen MR) is 114 cm³/mol. The Hall–Kier alpha value is -2.93. The van der Waals surface area contributed by atoms with Gasteiger partial charge in [0.2, 0.25) is 12.0 Å². The number of ether oxygens (including phenoxy) is 2. The van der Waals surface area contributed by atoms with Crippen molar-refractivity contribution in [1.29, 1.82) is 0 Å². The van der Waals surface area contributed by atoms with Crippen molar-refractivity contribution < 1.29 is 19.1 Å². The summed E-state index contributed by atoms with van der Waals surface area (Å²) in [7, 11) is 0. The Morgan fingerprint density at radius 2 is 1.80 bits per heavy atom. The average Bonchev–Trinajstić information content (AvgIpc) is 2.78. The van der Waals surface area contributed by atoms with E-state index in [-0.39, 0.29) is 31.4 Å². The van der Waals surface area contributed by atoms with Gasteiger partial charge < -0.3 is 24.6 Å². The number of hydrogen-bond donors (Lipinski definition) is 1. The summed E-state index contributed by atoms with van der Waals surface area (Å²) in [5.74, 6) is 0.946. The predicted octanol–water partition coefficient (Wildman–Crippen LogP) is 2.33. The molecule has 0 saturated carbocycles. The molecule has 2 aromatic carbocycles. The third-order valence-corrected chi connectivity index (χ3v) is 5.48. The molecule has 0 unspecified atom stereocenters. The standard InChI is InChI=1S/C22H24ClN3O4/c23-16-4-3-5-17(14-16)25-10-12-26(13-11-25)21(27)8-9-24-22(28)20-15-29-18-6-1-2-7-19(18)30-20/h1-7,14,20H,8-13,15H2,(H,24,28)/t20-/m0/s1. The van der Waals surface area contributed by atoms with Gasteiger partial charge in [-0.1, -0.05) is 29.8 Å². The zero-order chi connectivity index (χ0) is 20.9. The quantitative estimate of drug-likeness (QED) is 0.790. The number of benzene rings is 2. The fourth-order valence-corrected chi connectivity index (χ4v) is 3.78. The Labute approximate surface area is 180 Å².